The van der Waals surface area contributed by atoms with Crippen LogP contribution in [0.15, 0.2) is 18.2 Å². The van der Waals surface area contributed by atoms with E-state index in [1.54, 1.807) is 0 Å². The van der Waals surface area contributed by atoms with Gasteiger partial charge in [0, 0.05) is 23.8 Å². The minimum absolute atomic E-state index is 0.412. The second kappa shape index (κ2) is 5.70. The zero-order valence-corrected chi connectivity index (χ0v) is 12.1. The summed E-state index contributed by atoms with van der Waals surface area (Å²) in [6, 6.07) is 6.75. The van der Waals surface area contributed by atoms with Crippen molar-refractivity contribution in [1.29, 1.82) is 0 Å². The van der Waals surface area contributed by atoms with Crippen LogP contribution in [0.25, 0.3) is 0 Å². The van der Waals surface area contributed by atoms with Crippen LogP contribution < -0.4 is 10.2 Å². The molecular weight excluding hydrogens is 260 g/mol. The Kier molecular flexibility index (Phi) is 3.96. The lowest BCUT2D eigenvalue weighted by molar-refractivity contribution is 0.0256. The number of anilines is 1. The van der Waals surface area contributed by atoms with Crippen LogP contribution in [0.4, 0.5) is 5.69 Å². The van der Waals surface area contributed by atoms with E-state index < -0.39 is 0 Å². The Morgan fingerprint density at radius 2 is 2.32 bits per heavy atom. The highest BCUT2D eigenvalue weighted by Gasteiger charge is 2.36. The van der Waals surface area contributed by atoms with Gasteiger partial charge in [-0.15, -0.1) is 0 Å². The topological polar surface area (TPSA) is 24.5 Å². The van der Waals surface area contributed by atoms with Crippen molar-refractivity contribution in [1.82, 2.24) is 5.32 Å². The fraction of sp³-hybridized carbons (Fsp3) is 0.600. The highest BCUT2D eigenvalue weighted by Crippen LogP contribution is 2.35. The van der Waals surface area contributed by atoms with Crippen molar-refractivity contribution in [2.24, 2.45) is 0 Å². The molecule has 1 N–H and O–H groups in total. The Morgan fingerprint density at radius 3 is 3.16 bits per heavy atom. The van der Waals surface area contributed by atoms with Crippen LogP contribution in [-0.4, -0.2) is 32.3 Å². The summed E-state index contributed by atoms with van der Waals surface area (Å²) in [5.41, 5.74) is 2.60. The molecule has 0 spiro atoms. The van der Waals surface area contributed by atoms with Crippen molar-refractivity contribution in [2.45, 2.75) is 38.0 Å². The lowest BCUT2D eigenvalue weighted by Crippen LogP contribution is -2.49. The predicted molar refractivity (Wildman–Crippen MR) is 78.9 cm³/mol. The summed E-state index contributed by atoms with van der Waals surface area (Å²) in [6.07, 6.45) is 4.11. The molecule has 2 atom stereocenters. The van der Waals surface area contributed by atoms with E-state index in [9.17, 15) is 0 Å². The summed E-state index contributed by atoms with van der Waals surface area (Å²) < 4.78 is 5.89. The molecule has 2 unspecified atom stereocenters. The summed E-state index contributed by atoms with van der Waals surface area (Å²) in [7, 11) is 1.98. The van der Waals surface area contributed by atoms with Crippen LogP contribution in [0.2, 0.25) is 5.02 Å². The molecule has 1 heterocycles. The molecule has 19 heavy (non-hydrogen) atoms. The third-order valence-electron chi connectivity index (χ3n) is 4.21. The Balaban J connectivity index is 1.93. The SMILES string of the molecule is CNCc1ccc(Cl)cc1N1CCOC2CCCC21. The van der Waals surface area contributed by atoms with Crippen LogP contribution in [0.1, 0.15) is 24.8 Å². The Hall–Kier alpha value is -0.770. The van der Waals surface area contributed by atoms with Gasteiger partial charge in [-0.2, -0.15) is 0 Å². The van der Waals surface area contributed by atoms with Crippen LogP contribution in [0.5, 0.6) is 0 Å². The monoisotopic (exact) mass is 280 g/mol. The molecule has 1 saturated heterocycles. The first-order valence-electron chi connectivity index (χ1n) is 7.11. The van der Waals surface area contributed by atoms with Crippen LogP contribution in [0.3, 0.4) is 0 Å². The van der Waals surface area contributed by atoms with E-state index in [1.807, 2.05) is 13.1 Å². The number of nitrogens with one attached hydrogen (secondary N) is 1. The number of morpholine rings is 1. The first-order chi connectivity index (χ1) is 9.29. The number of rotatable bonds is 3. The molecule has 0 bridgehead atoms. The smallest absolute Gasteiger partial charge is 0.0779 e. The molecule has 4 heteroatoms. The second-order valence-corrected chi connectivity index (χ2v) is 5.84. The maximum atomic E-state index is 6.20. The number of nitrogens with zero attached hydrogens (tertiary/aromatic N) is 1. The molecule has 1 saturated carbocycles. The van der Waals surface area contributed by atoms with E-state index in [2.05, 4.69) is 22.3 Å². The number of hydrogen-bond acceptors (Lipinski definition) is 3. The molecule has 2 aliphatic rings. The standard InChI is InChI=1S/C15H21ClN2O/c1-17-10-11-5-6-12(16)9-14(11)18-7-8-19-15-4-2-3-13(15)18/h5-6,9,13,15,17H,2-4,7-8,10H2,1H3. The minimum Gasteiger partial charge on any atom is -0.374 e. The van der Waals surface area contributed by atoms with E-state index >= 15 is 0 Å². The highest BCUT2D eigenvalue weighted by molar-refractivity contribution is 6.30. The summed E-state index contributed by atoms with van der Waals surface area (Å²) in [4.78, 5) is 2.51. The largest absolute Gasteiger partial charge is 0.374 e. The summed E-state index contributed by atoms with van der Waals surface area (Å²) in [5, 5.41) is 4.06. The summed E-state index contributed by atoms with van der Waals surface area (Å²) in [5.74, 6) is 0. The normalized spacial score (nSPS) is 26.5. The average Bonchev–Trinajstić information content (AvgIpc) is 2.89. The van der Waals surface area contributed by atoms with Crippen LogP contribution >= 0.6 is 11.6 Å². The maximum Gasteiger partial charge on any atom is 0.0779 e. The van der Waals surface area contributed by atoms with Crippen molar-refractivity contribution in [3.8, 4) is 0 Å². The average molecular weight is 281 g/mol. The number of benzene rings is 1. The molecular formula is C15H21ClN2O. The van der Waals surface area contributed by atoms with Crippen LogP contribution in [-0.2, 0) is 11.3 Å². The Bertz CT molecular complexity index is 452. The van der Waals surface area contributed by atoms with Gasteiger partial charge in [0.25, 0.3) is 0 Å². The quantitative estimate of drug-likeness (QED) is 0.921. The molecule has 2 fully saturated rings. The Labute approximate surface area is 119 Å². The summed E-state index contributed by atoms with van der Waals surface area (Å²) >= 11 is 6.20. The second-order valence-electron chi connectivity index (χ2n) is 5.40. The number of ether oxygens (including phenoxy) is 1. The first kappa shape index (κ1) is 13.2. The van der Waals surface area contributed by atoms with Gasteiger partial charge in [0.1, 0.15) is 0 Å². The van der Waals surface area contributed by atoms with Gasteiger partial charge in [-0.3, -0.25) is 0 Å². The van der Waals surface area contributed by atoms with Crippen molar-refractivity contribution < 1.29 is 4.74 Å². The number of hydrogen-bond donors (Lipinski definition) is 1. The van der Waals surface area contributed by atoms with Crippen molar-refractivity contribution >= 4 is 17.3 Å². The first-order valence-corrected chi connectivity index (χ1v) is 7.48. The third-order valence-corrected chi connectivity index (χ3v) is 4.44. The van der Waals surface area contributed by atoms with Crippen molar-refractivity contribution in [3.63, 3.8) is 0 Å². The number of halogens is 1. The van der Waals surface area contributed by atoms with Gasteiger partial charge in [-0.05, 0) is 44.0 Å². The van der Waals surface area contributed by atoms with E-state index in [1.165, 1.54) is 30.5 Å². The highest BCUT2D eigenvalue weighted by atomic mass is 35.5. The Morgan fingerprint density at radius 1 is 1.42 bits per heavy atom. The molecule has 0 radical (unpaired) electrons. The lowest BCUT2D eigenvalue weighted by Gasteiger charge is -2.40. The molecule has 0 aromatic heterocycles. The zero-order chi connectivity index (χ0) is 13.2. The van der Waals surface area contributed by atoms with Gasteiger partial charge in [-0.25, -0.2) is 0 Å². The van der Waals surface area contributed by atoms with Gasteiger partial charge in [0.05, 0.1) is 18.8 Å². The lowest BCUT2D eigenvalue weighted by atomic mass is 10.1. The molecule has 1 aromatic carbocycles. The molecule has 0 amide bonds. The fourth-order valence-electron chi connectivity index (χ4n) is 3.37. The van der Waals surface area contributed by atoms with Gasteiger partial charge in [-0.1, -0.05) is 17.7 Å². The maximum absolute atomic E-state index is 6.20. The summed E-state index contributed by atoms with van der Waals surface area (Å²) in [6.45, 7) is 2.67. The molecule has 1 aromatic rings. The van der Waals surface area contributed by atoms with E-state index in [0.717, 1.165) is 24.7 Å². The van der Waals surface area contributed by atoms with Gasteiger partial charge >= 0.3 is 0 Å². The van der Waals surface area contributed by atoms with E-state index in [-0.39, 0.29) is 0 Å². The molecule has 1 aliphatic heterocycles. The zero-order valence-electron chi connectivity index (χ0n) is 11.4. The van der Waals surface area contributed by atoms with Crippen molar-refractivity contribution in [3.05, 3.63) is 28.8 Å². The third kappa shape index (κ3) is 2.60. The van der Waals surface area contributed by atoms with Crippen LogP contribution in [0, 0.1) is 0 Å². The number of fused-ring (bicyclic) bond motifs is 1. The van der Waals surface area contributed by atoms with Gasteiger partial charge in [0.2, 0.25) is 0 Å². The molecule has 1 aliphatic carbocycles. The fourth-order valence-corrected chi connectivity index (χ4v) is 3.54. The molecule has 104 valence electrons. The van der Waals surface area contributed by atoms with Gasteiger partial charge in [0.15, 0.2) is 0 Å². The molecule has 3 rings (SSSR count). The predicted octanol–water partition coefficient (Wildman–Crippen LogP) is 2.82. The van der Waals surface area contributed by atoms with Crippen molar-refractivity contribution in [2.75, 3.05) is 25.1 Å². The van der Waals surface area contributed by atoms with E-state index in [4.69, 9.17) is 16.3 Å². The van der Waals surface area contributed by atoms with Gasteiger partial charge < -0.3 is 15.0 Å². The molecule has 3 nitrogen and oxygen atoms in total. The minimum atomic E-state index is 0.412. The van der Waals surface area contributed by atoms with E-state index in [0.29, 0.717) is 12.1 Å².